The molecule has 0 radical (unpaired) electrons. The second kappa shape index (κ2) is 61.5. The van der Waals surface area contributed by atoms with Gasteiger partial charge in [0.1, 0.15) is 6.29 Å². The van der Waals surface area contributed by atoms with Crippen molar-refractivity contribution in [3.8, 4) is 0 Å². The minimum Gasteiger partial charge on any atom is -0.396 e. The van der Waals surface area contributed by atoms with Gasteiger partial charge in [-0.25, -0.2) is 0 Å². The number of rotatable bonds is 45. The van der Waals surface area contributed by atoms with Gasteiger partial charge in [-0.15, -0.1) is 0 Å². The van der Waals surface area contributed by atoms with Gasteiger partial charge in [0.05, 0.1) is 6.10 Å². The smallest absolute Gasteiger partial charge is 0.122 e. The average molecular weight is 995 g/mol. The van der Waals surface area contributed by atoms with Crippen LogP contribution in [0.15, 0.2) is 0 Å². The Morgan fingerprint density at radius 1 is 0.500 bits per heavy atom. The number of carbonyl (C=O) groups excluding carboxylic acids is 1. The summed E-state index contributed by atoms with van der Waals surface area (Å²) in [7, 11) is 1.80. The van der Waals surface area contributed by atoms with Crippen LogP contribution >= 0.6 is 0 Å². The molecule has 0 bridgehead atoms. The molecule has 0 saturated carbocycles. The van der Waals surface area contributed by atoms with Crippen molar-refractivity contribution in [2.75, 3.05) is 40.0 Å². The second-order valence-electron chi connectivity index (χ2n) is 17.5. The molecule has 0 spiro atoms. The van der Waals surface area contributed by atoms with E-state index >= 15 is 0 Å². The monoisotopic (exact) mass is 995 g/mol. The van der Waals surface area contributed by atoms with Gasteiger partial charge in [-0.1, -0.05) is 214 Å². The molecule has 0 aliphatic carbocycles. The minimum absolute atomic E-state index is 0. The molecule has 0 fully saturated rings. The van der Waals surface area contributed by atoms with E-state index in [0.717, 1.165) is 51.4 Å². The quantitative estimate of drug-likeness (QED) is 0.0361. The molecule has 58 heavy (non-hydrogen) atoms. The summed E-state index contributed by atoms with van der Waals surface area (Å²) in [4.78, 5) is 12.8. The third kappa shape index (κ3) is 62.8. The average Bonchev–Trinajstić information content (AvgIpc) is 3.22. The summed E-state index contributed by atoms with van der Waals surface area (Å²) in [5, 5.41) is 18.9. The molecule has 0 aromatic carbocycles. The SMILES string of the molecule is CCCCCC(C)C=O.CCCCCCCCC(O)CCCCCC.[CH2-]CCCCCCCCCCCN(CCCCO)CCCCCCCCCCCCOC.[W]. The fraction of sp³-hybridized carbons (Fsp3) is 0.962. The first-order valence-electron chi connectivity index (χ1n) is 25.7. The number of carbonyl (C=O) groups is 1. The van der Waals surface area contributed by atoms with Crippen LogP contribution in [0.5, 0.6) is 0 Å². The maximum atomic E-state index is 10.1. The molecule has 352 valence electrons. The van der Waals surface area contributed by atoms with Gasteiger partial charge in [-0.05, 0) is 71.0 Å². The second-order valence-corrected chi connectivity index (χ2v) is 17.5. The van der Waals surface area contributed by atoms with Crippen LogP contribution in [0, 0.1) is 12.8 Å². The van der Waals surface area contributed by atoms with Crippen molar-refractivity contribution in [3.63, 3.8) is 0 Å². The normalized spacial score (nSPS) is 12.0. The van der Waals surface area contributed by atoms with Gasteiger partial charge in [-0.3, -0.25) is 0 Å². The Bertz CT molecular complexity index is 684. The molecule has 0 aliphatic rings. The Hall–Kier alpha value is 0.198. The molecule has 0 aliphatic heterocycles. The zero-order valence-corrected chi connectivity index (χ0v) is 43.3. The molecule has 0 saturated heterocycles. The van der Waals surface area contributed by atoms with Crippen LogP contribution in [0.4, 0.5) is 0 Å². The summed E-state index contributed by atoms with van der Waals surface area (Å²) in [5.41, 5.74) is 0. The van der Waals surface area contributed by atoms with Crippen molar-refractivity contribution < 1.29 is 40.8 Å². The zero-order valence-electron chi connectivity index (χ0n) is 40.4. The van der Waals surface area contributed by atoms with Crippen molar-refractivity contribution in [1.82, 2.24) is 4.90 Å². The van der Waals surface area contributed by atoms with Gasteiger partial charge >= 0.3 is 0 Å². The first-order valence-corrected chi connectivity index (χ1v) is 25.7. The minimum atomic E-state index is -0.0250. The Labute approximate surface area is 380 Å². The van der Waals surface area contributed by atoms with E-state index in [1.165, 1.54) is 225 Å². The molecule has 2 atom stereocenters. The summed E-state index contributed by atoms with van der Waals surface area (Å²) < 4.78 is 5.11. The summed E-state index contributed by atoms with van der Waals surface area (Å²) in [6.07, 6.45) is 50.3. The Morgan fingerprint density at radius 3 is 1.22 bits per heavy atom. The van der Waals surface area contributed by atoms with Gasteiger partial charge in [0.2, 0.25) is 0 Å². The molecule has 0 rings (SSSR count). The molecule has 5 nitrogen and oxygen atoms in total. The first-order chi connectivity index (χ1) is 28.0. The Balaban J connectivity index is -0.000000462. The maximum absolute atomic E-state index is 10.1. The number of nitrogens with zero attached hydrogens (tertiary/aromatic N) is 1. The number of methoxy groups -OCH3 is 1. The van der Waals surface area contributed by atoms with E-state index in [9.17, 15) is 9.90 Å². The number of unbranched alkanes of at least 4 members (excludes halogenated alkanes) is 29. The molecule has 0 amide bonds. The van der Waals surface area contributed by atoms with Gasteiger partial charge in [0.25, 0.3) is 0 Å². The van der Waals surface area contributed by atoms with E-state index in [4.69, 9.17) is 9.84 Å². The molecule has 2 N–H and O–H groups in total. The number of ether oxygens (including phenoxy) is 1. The van der Waals surface area contributed by atoms with Crippen LogP contribution in [0.25, 0.3) is 0 Å². The third-order valence-electron chi connectivity index (χ3n) is 11.5. The van der Waals surface area contributed by atoms with Crippen molar-refractivity contribution in [2.45, 2.75) is 278 Å². The van der Waals surface area contributed by atoms with E-state index in [-0.39, 0.29) is 33.1 Å². The van der Waals surface area contributed by atoms with E-state index in [1.807, 2.05) is 6.92 Å². The number of aliphatic hydroxyl groups excluding tert-OH is 2. The maximum Gasteiger partial charge on any atom is 0.122 e. The predicted octanol–water partition coefficient (Wildman–Crippen LogP) is 15.8. The molecular weight excluding hydrogens is 886 g/mol. The van der Waals surface area contributed by atoms with E-state index < -0.39 is 0 Å². The predicted molar refractivity (Wildman–Crippen MR) is 254 cm³/mol. The number of hydrogen-bond acceptors (Lipinski definition) is 5. The van der Waals surface area contributed by atoms with Crippen LogP contribution in [-0.4, -0.2) is 67.5 Å². The van der Waals surface area contributed by atoms with Crippen molar-refractivity contribution in [2.24, 2.45) is 5.92 Å². The van der Waals surface area contributed by atoms with Gasteiger partial charge in [-0.2, -0.15) is 6.42 Å². The topological polar surface area (TPSA) is 70.0 Å². The summed E-state index contributed by atoms with van der Waals surface area (Å²) in [5.74, 6) is 0.275. The van der Waals surface area contributed by atoms with Gasteiger partial charge < -0.3 is 31.6 Å². The van der Waals surface area contributed by atoms with E-state index in [1.54, 1.807) is 7.11 Å². The number of hydrogen-bond donors (Lipinski definition) is 2. The molecule has 0 aromatic heterocycles. The third-order valence-corrected chi connectivity index (χ3v) is 11.5. The number of aldehydes is 1. The summed E-state index contributed by atoms with van der Waals surface area (Å²) >= 11 is 0. The Kier molecular flexibility index (Phi) is 68.7. The summed E-state index contributed by atoms with van der Waals surface area (Å²) in [6.45, 7) is 17.5. The van der Waals surface area contributed by atoms with Crippen LogP contribution < -0.4 is 0 Å². The van der Waals surface area contributed by atoms with Crippen molar-refractivity contribution in [3.05, 3.63) is 6.92 Å². The zero-order chi connectivity index (χ0) is 42.6. The fourth-order valence-electron chi connectivity index (χ4n) is 7.42. The van der Waals surface area contributed by atoms with E-state index in [2.05, 4.69) is 32.6 Å². The molecular formula is C52H108NO4W-. The largest absolute Gasteiger partial charge is 0.396 e. The summed E-state index contributed by atoms with van der Waals surface area (Å²) in [6, 6.07) is 0. The van der Waals surface area contributed by atoms with E-state index in [0.29, 0.717) is 6.61 Å². The van der Waals surface area contributed by atoms with Crippen molar-refractivity contribution >= 4 is 6.29 Å². The van der Waals surface area contributed by atoms with Crippen LogP contribution in [0.3, 0.4) is 0 Å². The standard InChI is InChI=1S/C29H60NO2.C15H32O.C8H16O.W/c1-3-4-5-6-7-8-11-14-17-20-25-30(27-22-23-28-31)26-21-18-15-12-9-10-13-16-19-24-29-32-2;1-3-5-7-9-10-12-14-15(16)13-11-8-6-4-2;1-3-4-5-6-8(2)7-9;/h31H,1,3-29H2,2H3;15-16H,3-14H2,1-2H3;7-8H,3-6H2,1-2H3;/q-1;;;. The van der Waals surface area contributed by atoms with Crippen molar-refractivity contribution in [1.29, 1.82) is 0 Å². The van der Waals surface area contributed by atoms with Crippen LogP contribution in [0.2, 0.25) is 0 Å². The Morgan fingerprint density at radius 2 is 0.828 bits per heavy atom. The van der Waals surface area contributed by atoms with Crippen LogP contribution in [-0.2, 0) is 30.6 Å². The van der Waals surface area contributed by atoms with Gasteiger partial charge in [0.15, 0.2) is 0 Å². The van der Waals surface area contributed by atoms with Gasteiger partial charge in [0, 0.05) is 47.3 Å². The molecule has 0 aromatic rings. The molecule has 0 heterocycles. The number of aliphatic hydroxyl groups is 2. The van der Waals surface area contributed by atoms with Crippen LogP contribution in [0.1, 0.15) is 272 Å². The molecule has 6 heteroatoms. The molecule has 2 unspecified atom stereocenters. The fourth-order valence-corrected chi connectivity index (χ4v) is 7.42. The first kappa shape index (κ1) is 64.8.